The first-order valence-corrected chi connectivity index (χ1v) is 5.45. The van der Waals surface area contributed by atoms with Crippen LogP contribution in [0.5, 0.6) is 0 Å². The maximum Gasteiger partial charge on any atom is 0.0529 e. The van der Waals surface area contributed by atoms with Gasteiger partial charge in [0.05, 0.1) is 11.9 Å². The van der Waals surface area contributed by atoms with E-state index in [-0.39, 0.29) is 0 Å². The molecule has 1 saturated carbocycles. The summed E-state index contributed by atoms with van der Waals surface area (Å²) in [5.41, 5.74) is 2.22. The summed E-state index contributed by atoms with van der Waals surface area (Å²) in [6.07, 6.45) is 6.09. The van der Waals surface area contributed by atoms with E-state index >= 15 is 0 Å². The van der Waals surface area contributed by atoms with Gasteiger partial charge in [0.25, 0.3) is 0 Å². The van der Waals surface area contributed by atoms with E-state index in [1.807, 2.05) is 13.1 Å². The van der Waals surface area contributed by atoms with E-state index in [9.17, 15) is 0 Å². The van der Waals surface area contributed by atoms with Crippen LogP contribution in [-0.4, -0.2) is 11.0 Å². The smallest absolute Gasteiger partial charge is 0.0529 e. The second-order valence-electron chi connectivity index (χ2n) is 4.31. The van der Waals surface area contributed by atoms with Crippen molar-refractivity contribution in [3.8, 4) is 0 Å². The molecule has 0 spiro atoms. The first-order valence-electron chi connectivity index (χ1n) is 5.45. The average molecular weight is 190 g/mol. The van der Waals surface area contributed by atoms with Gasteiger partial charge >= 0.3 is 0 Å². The minimum Gasteiger partial charge on any atom is -0.381 e. The van der Waals surface area contributed by atoms with Gasteiger partial charge in [-0.05, 0) is 44.7 Å². The normalized spacial score (nSPS) is 18.7. The Morgan fingerprint density at radius 2 is 2.21 bits per heavy atom. The van der Waals surface area contributed by atoms with Crippen LogP contribution in [0.1, 0.15) is 31.9 Å². The van der Waals surface area contributed by atoms with Crippen LogP contribution >= 0.6 is 0 Å². The molecule has 1 aromatic rings. The van der Waals surface area contributed by atoms with Crippen molar-refractivity contribution in [1.29, 1.82) is 0 Å². The van der Waals surface area contributed by atoms with Gasteiger partial charge < -0.3 is 5.32 Å². The van der Waals surface area contributed by atoms with Gasteiger partial charge in [-0.2, -0.15) is 0 Å². The minimum absolute atomic E-state index is 0.591. The summed E-state index contributed by atoms with van der Waals surface area (Å²) in [6.45, 7) is 4.28. The van der Waals surface area contributed by atoms with Crippen LogP contribution in [0.2, 0.25) is 0 Å². The fraction of sp³-hybridized carbons (Fsp3) is 0.583. The van der Waals surface area contributed by atoms with Crippen molar-refractivity contribution in [1.82, 2.24) is 4.98 Å². The van der Waals surface area contributed by atoms with Crippen molar-refractivity contribution in [3.05, 3.63) is 24.0 Å². The third-order valence-electron chi connectivity index (χ3n) is 3.16. The predicted molar refractivity (Wildman–Crippen MR) is 59.4 cm³/mol. The van der Waals surface area contributed by atoms with Gasteiger partial charge in [0.15, 0.2) is 0 Å². The topological polar surface area (TPSA) is 24.9 Å². The Kier molecular flexibility index (Phi) is 2.71. The molecule has 0 aromatic carbocycles. The van der Waals surface area contributed by atoms with Crippen molar-refractivity contribution in [2.45, 2.75) is 39.2 Å². The van der Waals surface area contributed by atoms with Gasteiger partial charge in [0, 0.05) is 11.7 Å². The lowest BCUT2D eigenvalue weighted by molar-refractivity contribution is 0.285. The molecule has 76 valence electrons. The molecule has 1 atom stereocenters. The third kappa shape index (κ3) is 2.06. The lowest BCUT2D eigenvalue weighted by Gasteiger charge is -2.32. The molecule has 1 aromatic heterocycles. The van der Waals surface area contributed by atoms with E-state index in [1.54, 1.807) is 0 Å². The second-order valence-corrected chi connectivity index (χ2v) is 4.31. The van der Waals surface area contributed by atoms with Gasteiger partial charge in [-0.3, -0.25) is 4.98 Å². The van der Waals surface area contributed by atoms with Crippen LogP contribution in [0.4, 0.5) is 5.69 Å². The molecule has 2 nitrogen and oxygen atoms in total. The van der Waals surface area contributed by atoms with E-state index in [4.69, 9.17) is 0 Å². The summed E-state index contributed by atoms with van der Waals surface area (Å²) in [4.78, 5) is 4.27. The fourth-order valence-electron chi connectivity index (χ4n) is 1.87. The predicted octanol–water partition coefficient (Wildman–Crippen LogP) is 2.99. The monoisotopic (exact) mass is 190 g/mol. The molecule has 0 amide bonds. The molecular weight excluding hydrogens is 172 g/mol. The van der Waals surface area contributed by atoms with Crippen LogP contribution in [0, 0.1) is 12.8 Å². The minimum atomic E-state index is 0.591. The number of pyridine rings is 1. The number of aryl methyl sites for hydroxylation is 1. The molecule has 2 heteroatoms. The van der Waals surface area contributed by atoms with Crippen molar-refractivity contribution in [2.24, 2.45) is 5.92 Å². The number of rotatable bonds is 3. The Bertz CT molecular complexity index is 288. The Hall–Kier alpha value is -1.05. The fourth-order valence-corrected chi connectivity index (χ4v) is 1.87. The maximum atomic E-state index is 4.27. The van der Waals surface area contributed by atoms with E-state index in [0.29, 0.717) is 6.04 Å². The zero-order chi connectivity index (χ0) is 9.97. The summed E-state index contributed by atoms with van der Waals surface area (Å²) >= 11 is 0. The number of aromatic nitrogens is 1. The Morgan fingerprint density at radius 1 is 1.43 bits per heavy atom. The summed E-state index contributed by atoms with van der Waals surface area (Å²) in [5, 5.41) is 3.51. The molecule has 0 aliphatic heterocycles. The first kappa shape index (κ1) is 9.50. The molecule has 1 N–H and O–H groups in total. The van der Waals surface area contributed by atoms with Crippen LogP contribution in [0.25, 0.3) is 0 Å². The van der Waals surface area contributed by atoms with E-state index in [1.165, 1.54) is 19.3 Å². The number of hydrogen-bond donors (Lipinski definition) is 1. The summed E-state index contributed by atoms with van der Waals surface area (Å²) in [5.74, 6) is 0.872. The molecule has 0 radical (unpaired) electrons. The standard InChI is InChI=1S/C12H18N2/c1-9-6-7-12(8-13-9)14-10(2)11-4-3-5-11/h6-8,10-11,14H,3-5H2,1-2H3. The van der Waals surface area contributed by atoms with E-state index in [2.05, 4.69) is 29.4 Å². The van der Waals surface area contributed by atoms with Gasteiger partial charge in [-0.25, -0.2) is 0 Å². The highest BCUT2D eigenvalue weighted by molar-refractivity contribution is 5.41. The molecule has 14 heavy (non-hydrogen) atoms. The zero-order valence-corrected chi connectivity index (χ0v) is 8.96. The molecule has 0 bridgehead atoms. The number of hydrogen-bond acceptors (Lipinski definition) is 2. The van der Waals surface area contributed by atoms with Crippen LogP contribution < -0.4 is 5.32 Å². The molecule has 1 heterocycles. The van der Waals surface area contributed by atoms with Crippen molar-refractivity contribution < 1.29 is 0 Å². The first-order chi connectivity index (χ1) is 6.75. The molecule has 2 rings (SSSR count). The van der Waals surface area contributed by atoms with Crippen LogP contribution in [0.3, 0.4) is 0 Å². The number of nitrogens with zero attached hydrogens (tertiary/aromatic N) is 1. The highest BCUT2D eigenvalue weighted by Gasteiger charge is 2.23. The average Bonchev–Trinajstić information content (AvgIpc) is 2.06. The molecule has 0 saturated heterocycles. The van der Waals surface area contributed by atoms with Crippen molar-refractivity contribution in [2.75, 3.05) is 5.32 Å². The number of nitrogens with one attached hydrogen (secondary N) is 1. The molecule has 1 fully saturated rings. The molecule has 1 aliphatic rings. The van der Waals surface area contributed by atoms with Gasteiger partial charge in [-0.15, -0.1) is 0 Å². The maximum absolute atomic E-state index is 4.27. The third-order valence-corrected chi connectivity index (χ3v) is 3.16. The highest BCUT2D eigenvalue weighted by atomic mass is 14.9. The number of anilines is 1. The van der Waals surface area contributed by atoms with Crippen molar-refractivity contribution >= 4 is 5.69 Å². The molecule has 1 aliphatic carbocycles. The summed E-state index contributed by atoms with van der Waals surface area (Å²) < 4.78 is 0. The lowest BCUT2D eigenvalue weighted by atomic mass is 9.80. The summed E-state index contributed by atoms with van der Waals surface area (Å²) in [6, 6.07) is 4.75. The van der Waals surface area contributed by atoms with Crippen LogP contribution in [-0.2, 0) is 0 Å². The SMILES string of the molecule is Cc1ccc(NC(C)C2CCC2)cn1. The van der Waals surface area contributed by atoms with Crippen molar-refractivity contribution in [3.63, 3.8) is 0 Å². The second kappa shape index (κ2) is 3.99. The largest absolute Gasteiger partial charge is 0.381 e. The lowest BCUT2D eigenvalue weighted by Crippen LogP contribution is -2.30. The Morgan fingerprint density at radius 3 is 2.71 bits per heavy atom. The van der Waals surface area contributed by atoms with Gasteiger partial charge in [-0.1, -0.05) is 6.42 Å². The zero-order valence-electron chi connectivity index (χ0n) is 8.96. The van der Waals surface area contributed by atoms with E-state index in [0.717, 1.165) is 17.3 Å². The molecule has 1 unspecified atom stereocenters. The quantitative estimate of drug-likeness (QED) is 0.792. The summed E-state index contributed by atoms with van der Waals surface area (Å²) in [7, 11) is 0. The van der Waals surface area contributed by atoms with Gasteiger partial charge in [0.2, 0.25) is 0 Å². The van der Waals surface area contributed by atoms with Crippen LogP contribution in [0.15, 0.2) is 18.3 Å². The molecular formula is C12H18N2. The van der Waals surface area contributed by atoms with E-state index < -0.39 is 0 Å². The van der Waals surface area contributed by atoms with Gasteiger partial charge in [0.1, 0.15) is 0 Å². The Balaban J connectivity index is 1.92. The Labute approximate surface area is 85.7 Å². The highest BCUT2D eigenvalue weighted by Crippen LogP contribution is 2.30.